The van der Waals surface area contributed by atoms with Crippen LogP contribution in [-0.4, -0.2) is 17.1 Å². The molecule has 1 unspecified atom stereocenters. The summed E-state index contributed by atoms with van der Waals surface area (Å²) in [6, 6.07) is 12.4. The van der Waals surface area contributed by atoms with Gasteiger partial charge in [-0.2, -0.15) is 0 Å². The van der Waals surface area contributed by atoms with Crippen LogP contribution in [0.1, 0.15) is 34.1 Å². The molecule has 0 aliphatic heterocycles. The zero-order chi connectivity index (χ0) is 20.9. The van der Waals surface area contributed by atoms with Crippen molar-refractivity contribution in [3.8, 4) is 0 Å². The molecule has 0 fully saturated rings. The second kappa shape index (κ2) is 9.68. The smallest absolute Gasteiger partial charge is 0.237 e. The summed E-state index contributed by atoms with van der Waals surface area (Å²) in [5.41, 5.74) is 1.17. The van der Waals surface area contributed by atoms with Gasteiger partial charge in [0, 0.05) is 22.0 Å². The summed E-state index contributed by atoms with van der Waals surface area (Å²) in [7, 11) is 0. The summed E-state index contributed by atoms with van der Waals surface area (Å²) >= 11 is 13.5. The van der Waals surface area contributed by atoms with Gasteiger partial charge in [0.15, 0.2) is 0 Å². The highest BCUT2D eigenvalue weighted by Crippen LogP contribution is 2.29. The molecule has 4 nitrogen and oxygen atoms in total. The number of nitrogens with one attached hydrogen (secondary N) is 2. The Kier molecular flexibility index (Phi) is 7.81. The predicted octanol–water partition coefficient (Wildman–Crippen LogP) is 6.49. The molecule has 2 rings (SSSR count). The van der Waals surface area contributed by atoms with E-state index in [0.29, 0.717) is 22.2 Å². The number of amides is 2. The minimum atomic E-state index is -0.337. The monoisotopic (exact) mass is 438 g/mol. The first-order valence-corrected chi connectivity index (χ1v) is 10.5. The highest BCUT2D eigenvalue weighted by atomic mass is 35.5. The zero-order valence-corrected chi connectivity index (χ0v) is 18.6. The molecule has 2 amide bonds. The Bertz CT molecular complexity index is 848. The van der Waals surface area contributed by atoms with Crippen LogP contribution in [0.4, 0.5) is 11.4 Å². The first-order valence-electron chi connectivity index (χ1n) is 8.86. The van der Waals surface area contributed by atoms with Gasteiger partial charge in [0.2, 0.25) is 11.8 Å². The Labute approximate surface area is 180 Å². The van der Waals surface area contributed by atoms with Crippen LogP contribution in [0.15, 0.2) is 47.4 Å². The molecule has 1 atom stereocenters. The Balaban J connectivity index is 1.93. The lowest BCUT2D eigenvalue weighted by Gasteiger charge is -2.17. The Morgan fingerprint density at radius 2 is 1.68 bits per heavy atom. The Hall–Kier alpha value is -1.69. The molecule has 0 aliphatic rings. The lowest BCUT2D eigenvalue weighted by atomic mass is 9.92. The standard InChI is InChI=1S/C21H24Cl2N2O2S/c1-13(20(27)25-18-11-14(22)5-10-17(18)23)28-16-8-6-15(7-9-16)24-19(26)12-21(2,3)4/h5-11,13H,12H2,1-4H3,(H,24,26)(H,25,27). The Morgan fingerprint density at radius 1 is 1.04 bits per heavy atom. The fraction of sp³-hybridized carbons (Fsp3) is 0.333. The van der Waals surface area contributed by atoms with E-state index in [4.69, 9.17) is 23.2 Å². The largest absolute Gasteiger partial charge is 0.326 e. The molecular weight excluding hydrogens is 415 g/mol. The van der Waals surface area contributed by atoms with Crippen molar-refractivity contribution < 1.29 is 9.59 Å². The third-order valence-electron chi connectivity index (χ3n) is 3.70. The molecule has 0 saturated heterocycles. The topological polar surface area (TPSA) is 58.2 Å². The molecule has 0 heterocycles. The van der Waals surface area contributed by atoms with E-state index >= 15 is 0 Å². The quantitative estimate of drug-likeness (QED) is 0.506. The van der Waals surface area contributed by atoms with Gasteiger partial charge in [0.25, 0.3) is 0 Å². The highest BCUT2D eigenvalue weighted by Gasteiger charge is 2.17. The van der Waals surface area contributed by atoms with E-state index in [2.05, 4.69) is 10.6 Å². The van der Waals surface area contributed by atoms with Crippen molar-refractivity contribution in [2.75, 3.05) is 10.6 Å². The van der Waals surface area contributed by atoms with Gasteiger partial charge in [-0.3, -0.25) is 9.59 Å². The molecule has 2 aromatic rings. The van der Waals surface area contributed by atoms with Crippen LogP contribution in [-0.2, 0) is 9.59 Å². The summed E-state index contributed by atoms with van der Waals surface area (Å²) in [6.45, 7) is 7.89. The van der Waals surface area contributed by atoms with Crippen molar-refractivity contribution in [1.82, 2.24) is 0 Å². The second-order valence-electron chi connectivity index (χ2n) is 7.68. The van der Waals surface area contributed by atoms with Crippen molar-refractivity contribution >= 4 is 58.2 Å². The lowest BCUT2D eigenvalue weighted by molar-refractivity contribution is -0.118. The fourth-order valence-corrected chi connectivity index (χ4v) is 3.59. The molecular formula is C21H24Cl2N2O2S. The Morgan fingerprint density at radius 3 is 2.29 bits per heavy atom. The molecule has 2 N–H and O–H groups in total. The van der Waals surface area contributed by atoms with Crippen LogP contribution in [0.25, 0.3) is 0 Å². The molecule has 150 valence electrons. The summed E-state index contributed by atoms with van der Waals surface area (Å²) in [4.78, 5) is 25.4. The van der Waals surface area contributed by atoms with Crippen molar-refractivity contribution in [3.63, 3.8) is 0 Å². The van der Waals surface area contributed by atoms with Crippen molar-refractivity contribution in [2.45, 2.75) is 44.3 Å². The molecule has 0 spiro atoms. The van der Waals surface area contributed by atoms with Crippen LogP contribution in [0.2, 0.25) is 10.0 Å². The van der Waals surface area contributed by atoms with Gasteiger partial charge in [-0.1, -0.05) is 44.0 Å². The van der Waals surface area contributed by atoms with Gasteiger partial charge >= 0.3 is 0 Å². The summed E-state index contributed by atoms with van der Waals surface area (Å²) in [5.74, 6) is -0.184. The van der Waals surface area contributed by atoms with E-state index < -0.39 is 0 Å². The van der Waals surface area contributed by atoms with Crippen LogP contribution < -0.4 is 10.6 Å². The van der Waals surface area contributed by atoms with Crippen molar-refractivity contribution in [1.29, 1.82) is 0 Å². The van der Waals surface area contributed by atoms with E-state index in [-0.39, 0.29) is 22.5 Å². The van der Waals surface area contributed by atoms with Crippen LogP contribution in [0.3, 0.4) is 0 Å². The summed E-state index contributed by atoms with van der Waals surface area (Å²) in [6.07, 6.45) is 0.451. The average Bonchev–Trinajstić information content (AvgIpc) is 2.58. The molecule has 0 aliphatic carbocycles. The molecule has 28 heavy (non-hydrogen) atoms. The summed E-state index contributed by atoms with van der Waals surface area (Å²) < 4.78 is 0. The number of halogens is 2. The molecule has 0 radical (unpaired) electrons. The predicted molar refractivity (Wildman–Crippen MR) is 120 cm³/mol. The van der Waals surface area contributed by atoms with E-state index in [9.17, 15) is 9.59 Å². The highest BCUT2D eigenvalue weighted by molar-refractivity contribution is 8.00. The summed E-state index contributed by atoms with van der Waals surface area (Å²) in [5, 5.41) is 6.29. The lowest BCUT2D eigenvalue weighted by Crippen LogP contribution is -2.22. The van der Waals surface area contributed by atoms with Gasteiger partial charge in [-0.15, -0.1) is 11.8 Å². The number of thioether (sulfide) groups is 1. The van der Waals surface area contributed by atoms with E-state index in [0.717, 1.165) is 10.6 Å². The van der Waals surface area contributed by atoms with Crippen molar-refractivity contribution in [2.24, 2.45) is 5.41 Å². The molecule has 0 saturated carbocycles. The van der Waals surface area contributed by atoms with Gasteiger partial charge in [0.05, 0.1) is 16.0 Å². The fourth-order valence-electron chi connectivity index (χ4n) is 2.39. The molecule has 7 heteroatoms. The number of carbonyl (C=O) groups excluding carboxylic acids is 2. The SMILES string of the molecule is CC(Sc1ccc(NC(=O)CC(C)(C)C)cc1)C(=O)Nc1cc(Cl)ccc1Cl. The van der Waals surface area contributed by atoms with E-state index in [1.54, 1.807) is 18.2 Å². The first-order chi connectivity index (χ1) is 13.0. The number of anilines is 2. The van der Waals surface area contributed by atoms with E-state index in [1.807, 2.05) is 52.0 Å². The minimum absolute atomic E-state index is 0.0148. The van der Waals surface area contributed by atoms with Crippen molar-refractivity contribution in [3.05, 3.63) is 52.5 Å². The maximum atomic E-state index is 12.4. The van der Waals surface area contributed by atoms with E-state index in [1.165, 1.54) is 11.8 Å². The van der Waals surface area contributed by atoms with Crippen LogP contribution in [0, 0.1) is 5.41 Å². The number of hydrogen-bond donors (Lipinski definition) is 2. The first kappa shape index (κ1) is 22.6. The normalized spacial score (nSPS) is 12.4. The number of benzene rings is 2. The number of carbonyl (C=O) groups is 2. The maximum Gasteiger partial charge on any atom is 0.237 e. The third-order valence-corrected chi connectivity index (χ3v) is 5.37. The second-order valence-corrected chi connectivity index (χ2v) is 9.94. The van der Waals surface area contributed by atoms with Gasteiger partial charge in [0.1, 0.15) is 0 Å². The number of hydrogen-bond acceptors (Lipinski definition) is 3. The van der Waals surface area contributed by atoms with Gasteiger partial charge in [-0.05, 0) is 54.8 Å². The maximum absolute atomic E-state index is 12.4. The number of rotatable bonds is 6. The van der Waals surface area contributed by atoms with Gasteiger partial charge < -0.3 is 10.6 Å². The zero-order valence-electron chi connectivity index (χ0n) is 16.3. The third kappa shape index (κ3) is 7.38. The molecule has 0 aromatic heterocycles. The van der Waals surface area contributed by atoms with Gasteiger partial charge in [-0.25, -0.2) is 0 Å². The van der Waals surface area contributed by atoms with Crippen LogP contribution in [0.5, 0.6) is 0 Å². The molecule has 0 bridgehead atoms. The minimum Gasteiger partial charge on any atom is -0.326 e. The molecule has 2 aromatic carbocycles. The van der Waals surface area contributed by atoms with Crippen LogP contribution >= 0.6 is 35.0 Å². The average molecular weight is 439 g/mol.